The number of amides is 2. The maximum absolute atomic E-state index is 12.8. The van der Waals surface area contributed by atoms with E-state index >= 15 is 0 Å². The second-order valence-corrected chi connectivity index (χ2v) is 7.41. The van der Waals surface area contributed by atoms with Gasteiger partial charge in [0.05, 0.1) is 12.0 Å². The largest absolute Gasteiger partial charge is 0.383 e. The van der Waals surface area contributed by atoms with Gasteiger partial charge in [-0.05, 0) is 48.4 Å². The van der Waals surface area contributed by atoms with Crippen molar-refractivity contribution in [1.82, 2.24) is 10.2 Å². The number of carbonyl (C=O) groups is 2. The predicted octanol–water partition coefficient (Wildman–Crippen LogP) is 2.52. The molecule has 3 rings (SSSR count). The molecule has 1 fully saturated rings. The van der Waals surface area contributed by atoms with Crippen LogP contribution in [0.2, 0.25) is 0 Å². The van der Waals surface area contributed by atoms with Crippen LogP contribution in [0.25, 0.3) is 10.1 Å². The molecule has 2 aromatic rings. The Bertz CT molecular complexity index is 758. The summed E-state index contributed by atoms with van der Waals surface area (Å²) in [4.78, 5) is 26.9. The summed E-state index contributed by atoms with van der Waals surface area (Å²) in [7, 11) is 1.61. The number of thiophene rings is 1. The van der Waals surface area contributed by atoms with Crippen LogP contribution in [-0.2, 0) is 9.53 Å². The Morgan fingerprint density at radius 2 is 2.21 bits per heavy atom. The molecule has 2 heterocycles. The molecule has 0 radical (unpaired) electrons. The van der Waals surface area contributed by atoms with Crippen LogP contribution >= 0.6 is 11.3 Å². The van der Waals surface area contributed by atoms with Gasteiger partial charge < -0.3 is 15.0 Å². The third kappa shape index (κ3) is 3.30. The molecule has 1 aromatic carbocycles. The summed E-state index contributed by atoms with van der Waals surface area (Å²) in [6.45, 7) is 3.96. The first-order valence-corrected chi connectivity index (χ1v) is 8.95. The van der Waals surface area contributed by atoms with Crippen LogP contribution in [0.5, 0.6) is 0 Å². The summed E-state index contributed by atoms with van der Waals surface area (Å²) in [6.07, 6.45) is 0.679. The van der Waals surface area contributed by atoms with Crippen LogP contribution in [0.4, 0.5) is 0 Å². The lowest BCUT2D eigenvalue weighted by Gasteiger charge is -2.23. The monoisotopic (exact) mass is 346 g/mol. The van der Waals surface area contributed by atoms with E-state index in [1.807, 2.05) is 36.6 Å². The van der Waals surface area contributed by atoms with Gasteiger partial charge in [0.15, 0.2) is 0 Å². The number of hydrogen-bond acceptors (Lipinski definition) is 4. The van der Waals surface area contributed by atoms with Gasteiger partial charge in [0, 0.05) is 37.0 Å². The smallest absolute Gasteiger partial charge is 0.253 e. The maximum Gasteiger partial charge on any atom is 0.253 e. The Kier molecular flexibility index (Phi) is 4.87. The molecule has 6 heteroatoms. The molecule has 0 spiro atoms. The van der Waals surface area contributed by atoms with Gasteiger partial charge in [-0.25, -0.2) is 0 Å². The van der Waals surface area contributed by atoms with Gasteiger partial charge in [-0.15, -0.1) is 11.3 Å². The number of likely N-dealkylation sites (tertiary alicyclic amines) is 1. The molecular weight excluding hydrogens is 324 g/mol. The Morgan fingerprint density at radius 3 is 3.00 bits per heavy atom. The third-order valence-electron chi connectivity index (χ3n) is 4.60. The summed E-state index contributed by atoms with van der Waals surface area (Å²) in [5, 5.41) is 6.00. The van der Waals surface area contributed by atoms with Gasteiger partial charge in [-0.1, -0.05) is 0 Å². The quantitative estimate of drug-likeness (QED) is 0.847. The minimum Gasteiger partial charge on any atom is -0.383 e. The fourth-order valence-electron chi connectivity index (χ4n) is 3.08. The number of nitrogens with zero attached hydrogens (tertiary/aromatic N) is 1. The van der Waals surface area contributed by atoms with Crippen LogP contribution in [0.15, 0.2) is 29.6 Å². The highest BCUT2D eigenvalue weighted by molar-refractivity contribution is 7.17. The van der Waals surface area contributed by atoms with E-state index in [0.717, 1.165) is 5.39 Å². The van der Waals surface area contributed by atoms with Crippen molar-refractivity contribution in [2.75, 3.05) is 33.4 Å². The molecule has 1 aromatic heterocycles. The van der Waals surface area contributed by atoms with Crippen LogP contribution in [0.3, 0.4) is 0 Å². The number of nitrogens with one attached hydrogen (secondary N) is 1. The first-order chi connectivity index (χ1) is 11.5. The second kappa shape index (κ2) is 6.91. The molecule has 1 N–H and O–H groups in total. The van der Waals surface area contributed by atoms with E-state index in [1.54, 1.807) is 23.3 Å². The molecule has 1 aliphatic heterocycles. The summed E-state index contributed by atoms with van der Waals surface area (Å²) in [5.41, 5.74) is 0.153. The minimum absolute atomic E-state index is 0.00323. The standard InChI is InChI=1S/C18H22N2O3S/c1-18(17(22)19-7-9-23-2)6-8-20(12-18)16(21)14-3-4-15-13(11-14)5-10-24-15/h3-5,10-11H,6-9,12H2,1-2H3,(H,19,22). The molecule has 1 saturated heterocycles. The maximum atomic E-state index is 12.8. The summed E-state index contributed by atoms with van der Waals surface area (Å²) in [5.74, 6) is -0.0142. The molecular formula is C18H22N2O3S. The van der Waals surface area contributed by atoms with Gasteiger partial charge >= 0.3 is 0 Å². The van der Waals surface area contributed by atoms with Crippen molar-refractivity contribution in [1.29, 1.82) is 0 Å². The van der Waals surface area contributed by atoms with Crippen LogP contribution in [0, 0.1) is 5.41 Å². The van der Waals surface area contributed by atoms with Gasteiger partial charge in [0.25, 0.3) is 5.91 Å². The summed E-state index contributed by atoms with van der Waals surface area (Å²) in [6, 6.07) is 7.81. The van der Waals surface area contributed by atoms with E-state index in [-0.39, 0.29) is 11.8 Å². The molecule has 5 nitrogen and oxygen atoms in total. The fourth-order valence-corrected chi connectivity index (χ4v) is 3.85. The van der Waals surface area contributed by atoms with Gasteiger partial charge in [0.2, 0.25) is 5.91 Å². The Morgan fingerprint density at radius 1 is 1.38 bits per heavy atom. The average Bonchev–Trinajstić information content (AvgIpc) is 3.21. The van der Waals surface area contributed by atoms with E-state index in [0.29, 0.717) is 38.2 Å². The van der Waals surface area contributed by atoms with E-state index in [4.69, 9.17) is 4.74 Å². The van der Waals surface area contributed by atoms with Crippen molar-refractivity contribution in [2.24, 2.45) is 5.41 Å². The number of benzene rings is 1. The Labute approximate surface area is 145 Å². The normalized spacial score (nSPS) is 20.5. The van der Waals surface area contributed by atoms with Crippen molar-refractivity contribution in [3.63, 3.8) is 0 Å². The summed E-state index contributed by atoms with van der Waals surface area (Å²) < 4.78 is 6.13. The number of methoxy groups -OCH3 is 1. The minimum atomic E-state index is -0.532. The number of ether oxygens (including phenoxy) is 1. The molecule has 0 bridgehead atoms. The Hall–Kier alpha value is -1.92. The lowest BCUT2D eigenvalue weighted by atomic mass is 9.89. The molecule has 1 unspecified atom stereocenters. The number of hydrogen-bond donors (Lipinski definition) is 1. The number of carbonyl (C=O) groups excluding carboxylic acids is 2. The molecule has 1 aliphatic rings. The van der Waals surface area contributed by atoms with E-state index < -0.39 is 5.41 Å². The number of fused-ring (bicyclic) bond motifs is 1. The molecule has 128 valence electrons. The number of rotatable bonds is 5. The average molecular weight is 346 g/mol. The van der Waals surface area contributed by atoms with Crippen molar-refractivity contribution >= 4 is 33.2 Å². The van der Waals surface area contributed by atoms with Crippen molar-refractivity contribution in [2.45, 2.75) is 13.3 Å². The zero-order chi connectivity index (χ0) is 17.2. The zero-order valence-corrected chi connectivity index (χ0v) is 14.8. The molecule has 1 atom stereocenters. The van der Waals surface area contributed by atoms with Crippen molar-refractivity contribution < 1.29 is 14.3 Å². The molecule has 24 heavy (non-hydrogen) atoms. The highest BCUT2D eigenvalue weighted by atomic mass is 32.1. The van der Waals surface area contributed by atoms with Crippen LogP contribution in [0.1, 0.15) is 23.7 Å². The van der Waals surface area contributed by atoms with E-state index in [2.05, 4.69) is 5.32 Å². The van der Waals surface area contributed by atoms with Crippen LogP contribution in [-0.4, -0.2) is 50.1 Å². The molecule has 0 aliphatic carbocycles. The topological polar surface area (TPSA) is 58.6 Å². The third-order valence-corrected chi connectivity index (χ3v) is 5.50. The first kappa shape index (κ1) is 16.9. The van der Waals surface area contributed by atoms with Crippen molar-refractivity contribution in [3.8, 4) is 0 Å². The first-order valence-electron chi connectivity index (χ1n) is 8.07. The van der Waals surface area contributed by atoms with Gasteiger partial charge in [-0.3, -0.25) is 9.59 Å². The van der Waals surface area contributed by atoms with E-state index in [1.165, 1.54) is 4.70 Å². The zero-order valence-electron chi connectivity index (χ0n) is 14.0. The second-order valence-electron chi connectivity index (χ2n) is 6.46. The Balaban J connectivity index is 1.67. The van der Waals surface area contributed by atoms with E-state index in [9.17, 15) is 9.59 Å². The van der Waals surface area contributed by atoms with Crippen molar-refractivity contribution in [3.05, 3.63) is 35.2 Å². The highest BCUT2D eigenvalue weighted by Gasteiger charge is 2.41. The van der Waals surface area contributed by atoms with Gasteiger partial charge in [-0.2, -0.15) is 0 Å². The van der Waals surface area contributed by atoms with Crippen LogP contribution < -0.4 is 5.32 Å². The van der Waals surface area contributed by atoms with Gasteiger partial charge in [0.1, 0.15) is 0 Å². The molecule has 0 saturated carbocycles. The lowest BCUT2D eigenvalue weighted by molar-refractivity contribution is -0.129. The molecule has 2 amide bonds. The fraction of sp³-hybridized carbons (Fsp3) is 0.444. The summed E-state index contributed by atoms with van der Waals surface area (Å²) >= 11 is 1.67. The predicted molar refractivity (Wildman–Crippen MR) is 95.3 cm³/mol. The SMILES string of the molecule is COCCNC(=O)C1(C)CCN(C(=O)c2ccc3sccc3c2)C1. The highest BCUT2D eigenvalue weighted by Crippen LogP contribution is 2.31. The lowest BCUT2D eigenvalue weighted by Crippen LogP contribution is -2.42.